The fourth-order valence-corrected chi connectivity index (χ4v) is 0.557. The van der Waals surface area contributed by atoms with Gasteiger partial charge in [0, 0.05) is 11.3 Å². The van der Waals surface area contributed by atoms with Crippen LogP contribution in [-0.2, 0) is 11.3 Å². The molecule has 0 fully saturated rings. The zero-order chi connectivity index (χ0) is 9.40. The van der Waals surface area contributed by atoms with Gasteiger partial charge in [-0.2, -0.15) is 0 Å². The molecule has 0 aliphatic heterocycles. The van der Waals surface area contributed by atoms with E-state index in [1.54, 1.807) is 7.11 Å². The van der Waals surface area contributed by atoms with Crippen molar-refractivity contribution in [2.24, 2.45) is 5.14 Å². The topological polar surface area (TPSA) is 75.4 Å². The summed E-state index contributed by atoms with van der Waals surface area (Å²) in [7, 11) is 1.66. The predicted molar refractivity (Wildman–Crippen MR) is 46.1 cm³/mol. The molecule has 1 unspecified atom stereocenters. The van der Waals surface area contributed by atoms with E-state index < -0.39 is 11.3 Å². The number of methoxy groups -OCH3 is 1. The number of rotatable bonds is 1. The van der Waals surface area contributed by atoms with E-state index in [9.17, 15) is 0 Å². The normalized spacial score (nSPS) is 10.9. The Kier molecular flexibility index (Phi) is 6.26. The van der Waals surface area contributed by atoms with Gasteiger partial charge >= 0.3 is 0 Å². The summed E-state index contributed by atoms with van der Waals surface area (Å²) in [5.41, 5.74) is 0. The molecule has 2 N–H and O–H groups in total. The van der Waals surface area contributed by atoms with Crippen LogP contribution in [0.3, 0.4) is 0 Å². The summed E-state index contributed by atoms with van der Waals surface area (Å²) >= 11 is -2.36. The van der Waals surface area contributed by atoms with Crippen LogP contribution in [0.2, 0.25) is 0 Å². The summed E-state index contributed by atoms with van der Waals surface area (Å²) in [6, 6.07) is 9.68. The van der Waals surface area contributed by atoms with Crippen molar-refractivity contribution in [2.75, 3.05) is 7.11 Å². The smallest absolute Gasteiger partial charge is 0.118 e. The van der Waals surface area contributed by atoms with Crippen LogP contribution in [0.5, 0.6) is 5.75 Å². The predicted octanol–water partition coefficient (Wildman–Crippen LogP) is 0.434. The highest BCUT2D eigenvalue weighted by Crippen LogP contribution is 2.05. The highest BCUT2D eigenvalue weighted by Gasteiger charge is 1.80. The number of hydrogen-bond acceptors (Lipinski definition) is 3. The van der Waals surface area contributed by atoms with Crippen LogP contribution in [0, 0.1) is 0 Å². The Balaban J connectivity index is 0.000000261. The second kappa shape index (κ2) is 6.78. The van der Waals surface area contributed by atoms with Crippen molar-refractivity contribution in [1.29, 1.82) is 0 Å². The number of hydrogen-bond donors (Lipinski definition) is 1. The van der Waals surface area contributed by atoms with Gasteiger partial charge in [-0.3, -0.25) is 9.35 Å². The zero-order valence-corrected chi connectivity index (χ0v) is 7.41. The van der Waals surface area contributed by atoms with Gasteiger partial charge in [0.1, 0.15) is 5.75 Å². The number of nitrogens with two attached hydrogens (primary N) is 1. The Bertz CT molecular complexity index is 223. The molecule has 0 bridgehead atoms. The van der Waals surface area contributed by atoms with Crippen molar-refractivity contribution in [3.05, 3.63) is 30.3 Å². The molecule has 1 aromatic carbocycles. The lowest BCUT2D eigenvalue weighted by Gasteiger charge is -1.93. The molecule has 0 saturated heterocycles. The van der Waals surface area contributed by atoms with Crippen molar-refractivity contribution < 1.29 is 13.5 Å². The Hall–Kier alpha value is -0.910. The average molecular weight is 188 g/mol. The van der Waals surface area contributed by atoms with Gasteiger partial charge in [-0.25, -0.2) is 0 Å². The molecule has 1 atom stereocenters. The number of para-hydroxylation sites is 1. The molecule has 4 nitrogen and oxygen atoms in total. The van der Waals surface area contributed by atoms with Gasteiger partial charge in [0.05, 0.1) is 7.11 Å². The molecule has 68 valence electrons. The van der Waals surface area contributed by atoms with E-state index in [1.807, 2.05) is 30.3 Å². The van der Waals surface area contributed by atoms with Crippen molar-refractivity contribution in [3.63, 3.8) is 0 Å². The fourth-order valence-electron chi connectivity index (χ4n) is 0.557. The minimum absolute atomic E-state index is 0.910. The summed E-state index contributed by atoms with van der Waals surface area (Å²) < 4.78 is 22.5. The standard InChI is InChI=1S/C7H8O.H3NO2S/c1-8-7-5-3-2-4-6-7;1-4(2)3/h2-6H,1H3;1H2,(H,2,3)/p-1. The van der Waals surface area contributed by atoms with E-state index in [1.165, 1.54) is 0 Å². The Morgan fingerprint density at radius 3 is 2.08 bits per heavy atom. The third-order valence-electron chi connectivity index (χ3n) is 0.979. The molecule has 0 aromatic heterocycles. The second-order valence-corrected chi connectivity index (χ2v) is 2.30. The van der Waals surface area contributed by atoms with Crippen LogP contribution < -0.4 is 9.88 Å². The minimum Gasteiger partial charge on any atom is -0.760 e. The van der Waals surface area contributed by atoms with Crippen molar-refractivity contribution >= 4 is 11.3 Å². The summed E-state index contributed by atoms with van der Waals surface area (Å²) in [5, 5.41) is 4.03. The summed E-state index contributed by atoms with van der Waals surface area (Å²) in [4.78, 5) is 0. The number of ether oxygens (including phenoxy) is 1. The maximum Gasteiger partial charge on any atom is 0.118 e. The van der Waals surface area contributed by atoms with Crippen LogP contribution in [0.15, 0.2) is 30.3 Å². The van der Waals surface area contributed by atoms with Crippen molar-refractivity contribution in [1.82, 2.24) is 0 Å². The first kappa shape index (κ1) is 11.1. The van der Waals surface area contributed by atoms with Crippen LogP contribution in [0.4, 0.5) is 0 Å². The molecule has 5 heteroatoms. The summed E-state index contributed by atoms with van der Waals surface area (Å²) in [6.45, 7) is 0. The van der Waals surface area contributed by atoms with Crippen LogP contribution in [0.25, 0.3) is 0 Å². The third-order valence-corrected chi connectivity index (χ3v) is 0.979. The maximum atomic E-state index is 8.78. The van der Waals surface area contributed by atoms with Gasteiger partial charge < -0.3 is 9.29 Å². The maximum absolute atomic E-state index is 8.78. The van der Waals surface area contributed by atoms with Crippen LogP contribution in [-0.4, -0.2) is 15.9 Å². The van der Waals surface area contributed by atoms with Gasteiger partial charge in [-0.15, -0.1) is 0 Å². The molecule has 1 rings (SSSR count). The molecule has 12 heavy (non-hydrogen) atoms. The van der Waals surface area contributed by atoms with Gasteiger partial charge in [-0.1, -0.05) is 18.2 Å². The largest absolute Gasteiger partial charge is 0.760 e. The van der Waals surface area contributed by atoms with Crippen molar-refractivity contribution in [2.45, 2.75) is 0 Å². The SMILES string of the molecule is COc1ccccc1.NS(=O)[O-]. The molecule has 0 heterocycles. The molecule has 1 aromatic rings. The Morgan fingerprint density at radius 2 is 1.83 bits per heavy atom. The van der Waals surface area contributed by atoms with E-state index in [0.717, 1.165) is 5.75 Å². The second-order valence-electron chi connectivity index (χ2n) is 1.78. The highest BCUT2D eigenvalue weighted by molar-refractivity contribution is 7.76. The Labute approximate surface area is 73.8 Å². The molecular weight excluding hydrogens is 178 g/mol. The van der Waals surface area contributed by atoms with E-state index in [0.29, 0.717) is 0 Å². The fraction of sp³-hybridized carbons (Fsp3) is 0.143. The van der Waals surface area contributed by atoms with Crippen LogP contribution >= 0.6 is 0 Å². The van der Waals surface area contributed by atoms with Gasteiger partial charge in [-0.05, 0) is 12.1 Å². The van der Waals surface area contributed by atoms with E-state index >= 15 is 0 Å². The Morgan fingerprint density at radius 1 is 1.42 bits per heavy atom. The molecule has 0 saturated carbocycles. The van der Waals surface area contributed by atoms with E-state index in [2.05, 4.69) is 5.14 Å². The molecule has 0 aliphatic rings. The summed E-state index contributed by atoms with van der Waals surface area (Å²) in [6.07, 6.45) is 0. The summed E-state index contributed by atoms with van der Waals surface area (Å²) in [5.74, 6) is 0.910. The first-order valence-electron chi connectivity index (χ1n) is 3.09. The van der Waals surface area contributed by atoms with Crippen LogP contribution in [0.1, 0.15) is 0 Å². The molecule has 0 amide bonds. The van der Waals surface area contributed by atoms with Gasteiger partial charge in [0.25, 0.3) is 0 Å². The van der Waals surface area contributed by atoms with E-state index in [4.69, 9.17) is 13.5 Å². The molecule has 0 spiro atoms. The lowest BCUT2D eigenvalue weighted by Crippen LogP contribution is -1.97. The van der Waals surface area contributed by atoms with Gasteiger partial charge in [0.15, 0.2) is 0 Å². The lowest BCUT2D eigenvalue weighted by molar-refractivity contribution is 0.415. The quantitative estimate of drug-likeness (QED) is 0.649. The molecular formula is C7H10NO3S-. The van der Waals surface area contributed by atoms with Gasteiger partial charge in [0.2, 0.25) is 0 Å². The zero-order valence-electron chi connectivity index (χ0n) is 6.60. The monoisotopic (exact) mass is 188 g/mol. The average Bonchev–Trinajstić information content (AvgIpc) is 2.05. The van der Waals surface area contributed by atoms with Crippen molar-refractivity contribution in [3.8, 4) is 5.75 Å². The molecule has 0 aliphatic carbocycles. The number of benzene rings is 1. The lowest BCUT2D eigenvalue weighted by atomic mass is 10.3. The first-order valence-corrected chi connectivity index (χ1v) is 4.23. The minimum atomic E-state index is -2.36. The van der Waals surface area contributed by atoms with E-state index in [-0.39, 0.29) is 0 Å². The molecule has 0 radical (unpaired) electrons. The first-order chi connectivity index (χ1) is 5.66. The highest BCUT2D eigenvalue weighted by atomic mass is 32.2. The third kappa shape index (κ3) is 7.20.